The number of amides is 1. The summed E-state index contributed by atoms with van der Waals surface area (Å²) in [6.45, 7) is 1.83. The monoisotopic (exact) mass is 280 g/mol. The molecule has 0 aromatic rings. The molecule has 0 saturated heterocycles. The minimum Gasteiger partial charge on any atom is -0.409 e. The zero-order chi connectivity index (χ0) is 14.2. The largest absolute Gasteiger partial charge is 0.409 e. The predicted molar refractivity (Wildman–Crippen MR) is 67.7 cm³/mol. The minimum atomic E-state index is -3.35. The van der Waals surface area contributed by atoms with Crippen LogP contribution >= 0.6 is 0 Å². The summed E-state index contributed by atoms with van der Waals surface area (Å²) < 4.78 is 24.4. The molecule has 8 nitrogen and oxygen atoms in total. The molecule has 18 heavy (non-hydrogen) atoms. The number of hydrogen-bond donors (Lipinski definition) is 4. The Balaban J connectivity index is 4.37. The summed E-state index contributed by atoms with van der Waals surface area (Å²) in [6, 6.07) is 0. The van der Waals surface area contributed by atoms with E-state index in [1.54, 1.807) is 0 Å². The number of hydrogen-bond acceptors (Lipinski definition) is 5. The van der Waals surface area contributed by atoms with Gasteiger partial charge in [-0.2, -0.15) is 0 Å². The number of amidine groups is 1. The lowest BCUT2D eigenvalue weighted by Gasteiger charge is -2.14. The molecular formula is C9H20N4O4S. The standard InChI is InChI=1S/C9H20N4O4S/c1-3-4-7(8(10)13-15)9(14)12-5-6-18(16,17)11-2/h7,11,15H,3-6H2,1-2H3,(H2,10,13)(H,12,14). The van der Waals surface area contributed by atoms with Crippen molar-refractivity contribution >= 4 is 21.8 Å². The van der Waals surface area contributed by atoms with Crippen LogP contribution in [0.15, 0.2) is 5.16 Å². The topological polar surface area (TPSA) is 134 Å². The third-order valence-corrected chi connectivity index (χ3v) is 3.71. The molecule has 0 bridgehead atoms. The summed E-state index contributed by atoms with van der Waals surface area (Å²) in [5.41, 5.74) is 5.40. The highest BCUT2D eigenvalue weighted by molar-refractivity contribution is 7.89. The van der Waals surface area contributed by atoms with E-state index in [-0.39, 0.29) is 18.1 Å². The van der Waals surface area contributed by atoms with Gasteiger partial charge in [-0.25, -0.2) is 13.1 Å². The molecule has 5 N–H and O–H groups in total. The second-order valence-electron chi connectivity index (χ2n) is 3.68. The maximum Gasteiger partial charge on any atom is 0.230 e. The van der Waals surface area contributed by atoms with Crippen molar-refractivity contribution in [3.63, 3.8) is 0 Å². The number of oxime groups is 1. The maximum absolute atomic E-state index is 11.7. The number of rotatable bonds is 8. The molecule has 0 aliphatic rings. The molecule has 0 saturated carbocycles. The molecule has 0 aromatic carbocycles. The minimum absolute atomic E-state index is 0.0269. The van der Waals surface area contributed by atoms with Crippen molar-refractivity contribution in [2.45, 2.75) is 19.8 Å². The molecule has 0 radical (unpaired) electrons. The molecule has 9 heteroatoms. The number of carbonyl (C=O) groups is 1. The Morgan fingerprint density at radius 2 is 2.11 bits per heavy atom. The quantitative estimate of drug-likeness (QED) is 0.192. The highest BCUT2D eigenvalue weighted by atomic mass is 32.2. The normalized spacial score (nSPS) is 14.2. The van der Waals surface area contributed by atoms with E-state index < -0.39 is 21.8 Å². The van der Waals surface area contributed by atoms with Gasteiger partial charge in [0.05, 0.1) is 11.7 Å². The van der Waals surface area contributed by atoms with Crippen LogP contribution in [0.25, 0.3) is 0 Å². The van der Waals surface area contributed by atoms with E-state index in [9.17, 15) is 13.2 Å². The second-order valence-corrected chi connectivity index (χ2v) is 5.73. The van der Waals surface area contributed by atoms with E-state index in [0.29, 0.717) is 12.8 Å². The molecule has 1 atom stereocenters. The van der Waals surface area contributed by atoms with Crippen LogP contribution in [0.5, 0.6) is 0 Å². The Bertz CT molecular complexity index is 393. The smallest absolute Gasteiger partial charge is 0.230 e. The molecule has 0 rings (SSSR count). The van der Waals surface area contributed by atoms with E-state index in [4.69, 9.17) is 10.9 Å². The van der Waals surface area contributed by atoms with Gasteiger partial charge in [0, 0.05) is 6.54 Å². The number of nitrogens with zero attached hydrogens (tertiary/aromatic N) is 1. The third kappa shape index (κ3) is 5.82. The molecule has 1 unspecified atom stereocenters. The maximum atomic E-state index is 11.7. The van der Waals surface area contributed by atoms with Gasteiger partial charge < -0.3 is 16.3 Å². The van der Waals surface area contributed by atoms with E-state index in [1.807, 2.05) is 6.92 Å². The Kier molecular flexibility index (Phi) is 7.29. The zero-order valence-corrected chi connectivity index (χ0v) is 11.3. The highest BCUT2D eigenvalue weighted by Gasteiger charge is 2.22. The fourth-order valence-electron chi connectivity index (χ4n) is 1.31. The van der Waals surface area contributed by atoms with Crippen LogP contribution in [0.2, 0.25) is 0 Å². The molecule has 0 aliphatic carbocycles. The first-order valence-electron chi connectivity index (χ1n) is 5.54. The summed E-state index contributed by atoms with van der Waals surface area (Å²) in [4.78, 5) is 11.7. The van der Waals surface area contributed by atoms with Crippen molar-refractivity contribution in [1.29, 1.82) is 0 Å². The molecule has 0 aliphatic heterocycles. The highest BCUT2D eigenvalue weighted by Crippen LogP contribution is 2.06. The van der Waals surface area contributed by atoms with Gasteiger partial charge in [-0.1, -0.05) is 18.5 Å². The predicted octanol–water partition coefficient (Wildman–Crippen LogP) is -1.19. The first-order chi connectivity index (χ1) is 8.37. The number of nitrogens with two attached hydrogens (primary N) is 1. The average molecular weight is 280 g/mol. The SMILES string of the molecule is CCCC(C(=O)NCCS(=O)(=O)NC)C(N)=NO. The third-order valence-electron chi connectivity index (χ3n) is 2.35. The van der Waals surface area contributed by atoms with Crippen LogP contribution in [0.3, 0.4) is 0 Å². The Morgan fingerprint density at radius 1 is 1.50 bits per heavy atom. The van der Waals surface area contributed by atoms with Crippen LogP contribution in [-0.2, 0) is 14.8 Å². The van der Waals surface area contributed by atoms with Gasteiger partial charge in [0.25, 0.3) is 0 Å². The van der Waals surface area contributed by atoms with Crippen LogP contribution in [0.1, 0.15) is 19.8 Å². The van der Waals surface area contributed by atoms with Crippen molar-refractivity contribution in [1.82, 2.24) is 10.0 Å². The van der Waals surface area contributed by atoms with Crippen molar-refractivity contribution in [3.05, 3.63) is 0 Å². The van der Waals surface area contributed by atoms with Crippen LogP contribution in [-0.4, -0.2) is 44.7 Å². The summed E-state index contributed by atoms with van der Waals surface area (Å²) in [7, 11) is -2.06. The van der Waals surface area contributed by atoms with E-state index in [0.717, 1.165) is 0 Å². The lowest BCUT2D eigenvalue weighted by atomic mass is 10.0. The van der Waals surface area contributed by atoms with E-state index in [1.165, 1.54) is 7.05 Å². The van der Waals surface area contributed by atoms with Gasteiger partial charge >= 0.3 is 0 Å². The molecule has 106 valence electrons. The number of sulfonamides is 1. The fraction of sp³-hybridized carbons (Fsp3) is 0.778. The lowest BCUT2D eigenvalue weighted by molar-refractivity contribution is -0.123. The lowest BCUT2D eigenvalue weighted by Crippen LogP contribution is -2.41. The number of nitrogens with one attached hydrogen (secondary N) is 2. The summed E-state index contributed by atoms with van der Waals surface area (Å²) in [5.74, 6) is -1.58. The zero-order valence-electron chi connectivity index (χ0n) is 10.5. The molecule has 1 amide bonds. The molecule has 0 aromatic heterocycles. The molecular weight excluding hydrogens is 260 g/mol. The van der Waals surface area contributed by atoms with Gasteiger partial charge in [0.15, 0.2) is 5.84 Å². The average Bonchev–Trinajstić information content (AvgIpc) is 2.34. The Morgan fingerprint density at radius 3 is 2.56 bits per heavy atom. The van der Waals surface area contributed by atoms with Gasteiger partial charge in [-0.15, -0.1) is 0 Å². The Hall–Kier alpha value is -1.35. The summed E-state index contributed by atoms with van der Waals surface area (Å²) in [6.07, 6.45) is 1.11. The fourth-order valence-corrected chi connectivity index (χ4v) is 1.88. The van der Waals surface area contributed by atoms with E-state index in [2.05, 4.69) is 15.2 Å². The first kappa shape index (κ1) is 16.6. The second kappa shape index (κ2) is 7.88. The molecule has 0 spiro atoms. The van der Waals surface area contributed by atoms with Crippen molar-refractivity contribution in [2.75, 3.05) is 19.3 Å². The van der Waals surface area contributed by atoms with Crippen LogP contribution in [0.4, 0.5) is 0 Å². The summed E-state index contributed by atoms with van der Waals surface area (Å²) in [5, 5.41) is 13.8. The summed E-state index contributed by atoms with van der Waals surface area (Å²) >= 11 is 0. The Labute approximate surface area is 107 Å². The first-order valence-corrected chi connectivity index (χ1v) is 7.19. The van der Waals surface area contributed by atoms with Gasteiger partial charge in [-0.3, -0.25) is 4.79 Å². The molecule has 0 heterocycles. The van der Waals surface area contributed by atoms with Crippen molar-refractivity contribution in [3.8, 4) is 0 Å². The van der Waals surface area contributed by atoms with E-state index >= 15 is 0 Å². The van der Waals surface area contributed by atoms with Gasteiger partial charge in [0.1, 0.15) is 0 Å². The van der Waals surface area contributed by atoms with Crippen LogP contribution < -0.4 is 15.8 Å². The molecule has 0 fully saturated rings. The van der Waals surface area contributed by atoms with Crippen molar-refractivity contribution < 1.29 is 18.4 Å². The van der Waals surface area contributed by atoms with Gasteiger partial charge in [0.2, 0.25) is 15.9 Å². The van der Waals surface area contributed by atoms with Crippen LogP contribution in [0, 0.1) is 5.92 Å². The number of carbonyl (C=O) groups excluding carboxylic acids is 1. The van der Waals surface area contributed by atoms with Gasteiger partial charge in [-0.05, 0) is 13.5 Å². The van der Waals surface area contributed by atoms with Crippen molar-refractivity contribution in [2.24, 2.45) is 16.8 Å².